The van der Waals surface area contributed by atoms with Crippen LogP contribution in [-0.2, 0) is 10.0 Å². The molecule has 0 unspecified atom stereocenters. The number of H-pyrrole nitrogens is 1. The fourth-order valence-electron chi connectivity index (χ4n) is 2.39. The first-order valence-corrected chi connectivity index (χ1v) is 9.34. The van der Waals surface area contributed by atoms with Gasteiger partial charge < -0.3 is 4.98 Å². The molecule has 132 valence electrons. The SMILES string of the molecule is Cc1ccc(-c2cc(S(=O)(=O)Nc3ccc(C#N)cc3F)c[nH]2)c(Cl)c1. The molecule has 3 aromatic rings. The lowest BCUT2D eigenvalue weighted by Gasteiger charge is -2.07. The summed E-state index contributed by atoms with van der Waals surface area (Å²) >= 11 is 6.21. The lowest BCUT2D eigenvalue weighted by Crippen LogP contribution is -2.13. The molecule has 5 nitrogen and oxygen atoms in total. The Kier molecular flexibility index (Phi) is 4.72. The van der Waals surface area contributed by atoms with Crippen molar-refractivity contribution in [2.24, 2.45) is 0 Å². The molecule has 3 rings (SSSR count). The minimum atomic E-state index is -4.01. The molecule has 2 aromatic carbocycles. The highest BCUT2D eigenvalue weighted by molar-refractivity contribution is 7.92. The molecule has 0 radical (unpaired) electrons. The fraction of sp³-hybridized carbons (Fsp3) is 0.0556. The normalized spacial score (nSPS) is 11.2. The molecule has 0 bridgehead atoms. The van der Waals surface area contributed by atoms with Crippen LogP contribution < -0.4 is 4.72 Å². The van der Waals surface area contributed by atoms with Crippen molar-refractivity contribution < 1.29 is 12.8 Å². The molecule has 1 aromatic heterocycles. The summed E-state index contributed by atoms with van der Waals surface area (Å²) in [5, 5.41) is 9.23. The molecule has 0 atom stereocenters. The minimum Gasteiger partial charge on any atom is -0.360 e. The van der Waals surface area contributed by atoms with E-state index in [4.69, 9.17) is 16.9 Å². The average Bonchev–Trinajstić information content (AvgIpc) is 3.07. The van der Waals surface area contributed by atoms with Gasteiger partial charge >= 0.3 is 0 Å². The predicted octanol–water partition coefficient (Wildman–Crippen LogP) is 4.46. The Hall–Kier alpha value is -2.82. The van der Waals surface area contributed by atoms with Crippen LogP contribution in [0.25, 0.3) is 11.3 Å². The van der Waals surface area contributed by atoms with Crippen LogP contribution in [0.2, 0.25) is 5.02 Å². The number of benzene rings is 2. The first kappa shape index (κ1) is 18.0. The van der Waals surface area contributed by atoms with Crippen LogP contribution in [0, 0.1) is 24.1 Å². The van der Waals surface area contributed by atoms with Crippen molar-refractivity contribution in [1.82, 2.24) is 4.98 Å². The monoisotopic (exact) mass is 389 g/mol. The van der Waals surface area contributed by atoms with E-state index in [0.717, 1.165) is 11.6 Å². The third-order valence-corrected chi connectivity index (χ3v) is 5.38. The van der Waals surface area contributed by atoms with E-state index >= 15 is 0 Å². The van der Waals surface area contributed by atoms with Crippen LogP contribution in [0.5, 0.6) is 0 Å². The number of halogens is 2. The van der Waals surface area contributed by atoms with E-state index in [2.05, 4.69) is 9.71 Å². The van der Waals surface area contributed by atoms with E-state index in [1.54, 1.807) is 18.2 Å². The summed E-state index contributed by atoms with van der Waals surface area (Å²) in [5.41, 5.74) is 2.03. The largest absolute Gasteiger partial charge is 0.360 e. The quantitative estimate of drug-likeness (QED) is 0.690. The Labute approximate surface area is 155 Å². The van der Waals surface area contributed by atoms with Gasteiger partial charge in [0.2, 0.25) is 0 Å². The van der Waals surface area contributed by atoms with Gasteiger partial charge in [-0.05, 0) is 42.8 Å². The smallest absolute Gasteiger partial charge is 0.263 e. The van der Waals surface area contributed by atoms with Crippen molar-refractivity contribution >= 4 is 27.3 Å². The second-order valence-corrected chi connectivity index (χ2v) is 7.73. The topological polar surface area (TPSA) is 85.8 Å². The number of rotatable bonds is 4. The van der Waals surface area contributed by atoms with E-state index in [1.807, 2.05) is 13.0 Å². The van der Waals surface area contributed by atoms with Crippen LogP contribution in [0.4, 0.5) is 10.1 Å². The van der Waals surface area contributed by atoms with Crippen LogP contribution in [0.1, 0.15) is 11.1 Å². The molecule has 0 aliphatic carbocycles. The number of hydrogen-bond acceptors (Lipinski definition) is 3. The van der Waals surface area contributed by atoms with Crippen molar-refractivity contribution in [3.63, 3.8) is 0 Å². The van der Waals surface area contributed by atoms with E-state index in [0.29, 0.717) is 16.3 Å². The highest BCUT2D eigenvalue weighted by Gasteiger charge is 2.19. The highest BCUT2D eigenvalue weighted by atomic mass is 35.5. The van der Waals surface area contributed by atoms with Gasteiger partial charge in [0.1, 0.15) is 10.7 Å². The van der Waals surface area contributed by atoms with Crippen molar-refractivity contribution in [1.29, 1.82) is 5.26 Å². The molecule has 1 heterocycles. The number of aromatic amines is 1. The Morgan fingerprint density at radius 1 is 1.19 bits per heavy atom. The second-order valence-electron chi connectivity index (χ2n) is 5.64. The zero-order chi connectivity index (χ0) is 18.9. The molecule has 0 spiro atoms. The van der Waals surface area contributed by atoms with Gasteiger partial charge in [-0.3, -0.25) is 4.72 Å². The molecule has 8 heteroatoms. The van der Waals surface area contributed by atoms with Gasteiger partial charge in [-0.25, -0.2) is 12.8 Å². The Morgan fingerprint density at radius 2 is 1.96 bits per heavy atom. The number of aromatic nitrogens is 1. The van der Waals surface area contributed by atoms with Crippen molar-refractivity contribution in [2.45, 2.75) is 11.8 Å². The van der Waals surface area contributed by atoms with E-state index in [-0.39, 0.29) is 16.1 Å². The summed E-state index contributed by atoms with van der Waals surface area (Å²) in [6.45, 7) is 1.90. The second kappa shape index (κ2) is 6.83. The van der Waals surface area contributed by atoms with E-state index < -0.39 is 15.8 Å². The third kappa shape index (κ3) is 3.57. The first-order valence-electron chi connectivity index (χ1n) is 7.47. The van der Waals surface area contributed by atoms with Gasteiger partial charge in [0, 0.05) is 17.5 Å². The summed E-state index contributed by atoms with van der Waals surface area (Å²) in [4.78, 5) is 2.80. The van der Waals surface area contributed by atoms with Gasteiger partial charge in [-0.1, -0.05) is 23.7 Å². The summed E-state index contributed by atoms with van der Waals surface area (Å²) in [6, 6.07) is 12.1. The molecule has 0 saturated heterocycles. The molecule has 0 fully saturated rings. The fourth-order valence-corrected chi connectivity index (χ4v) is 3.79. The first-order chi connectivity index (χ1) is 12.3. The number of nitrogens with one attached hydrogen (secondary N) is 2. The molecule has 2 N–H and O–H groups in total. The van der Waals surface area contributed by atoms with Gasteiger partial charge in [0.15, 0.2) is 0 Å². The number of nitriles is 1. The number of sulfonamides is 1. The molecule has 0 aliphatic rings. The Balaban J connectivity index is 1.92. The number of nitrogens with zero attached hydrogens (tertiary/aromatic N) is 1. The van der Waals surface area contributed by atoms with Crippen LogP contribution in [0.15, 0.2) is 53.6 Å². The summed E-state index contributed by atoms with van der Waals surface area (Å²) in [6.07, 6.45) is 1.30. The van der Waals surface area contributed by atoms with Crippen molar-refractivity contribution in [2.75, 3.05) is 4.72 Å². The maximum absolute atomic E-state index is 13.9. The molecular weight excluding hydrogens is 377 g/mol. The maximum Gasteiger partial charge on any atom is 0.263 e. The zero-order valence-corrected chi connectivity index (χ0v) is 15.1. The zero-order valence-electron chi connectivity index (χ0n) is 13.5. The summed E-state index contributed by atoms with van der Waals surface area (Å²) in [5.74, 6) is -0.829. The maximum atomic E-state index is 13.9. The molecule has 26 heavy (non-hydrogen) atoms. The predicted molar refractivity (Wildman–Crippen MR) is 97.9 cm³/mol. The standard InChI is InChI=1S/C18H13ClFN3O2S/c1-11-2-4-14(15(19)6-11)18-8-13(10-22-18)26(24,25)23-17-5-3-12(9-21)7-16(17)20/h2-8,10,22-23H,1H3. The number of anilines is 1. The summed E-state index contributed by atoms with van der Waals surface area (Å²) < 4.78 is 41.1. The minimum absolute atomic E-state index is 0.0621. The Morgan fingerprint density at radius 3 is 2.62 bits per heavy atom. The van der Waals surface area contributed by atoms with E-state index in [9.17, 15) is 12.8 Å². The third-order valence-electron chi connectivity index (χ3n) is 3.72. The number of hydrogen-bond donors (Lipinski definition) is 2. The van der Waals surface area contributed by atoms with Crippen molar-refractivity contribution in [3.8, 4) is 17.3 Å². The van der Waals surface area contributed by atoms with Gasteiger partial charge in [0.05, 0.1) is 22.3 Å². The lowest BCUT2D eigenvalue weighted by atomic mass is 10.1. The van der Waals surface area contributed by atoms with Crippen LogP contribution in [-0.4, -0.2) is 13.4 Å². The summed E-state index contributed by atoms with van der Waals surface area (Å²) in [7, 11) is -4.01. The molecular formula is C18H13ClFN3O2S. The molecule has 0 saturated carbocycles. The Bertz CT molecular complexity index is 1130. The van der Waals surface area contributed by atoms with Crippen molar-refractivity contribution in [3.05, 3.63) is 70.6 Å². The van der Waals surface area contributed by atoms with Crippen LogP contribution >= 0.6 is 11.6 Å². The van der Waals surface area contributed by atoms with E-state index in [1.165, 1.54) is 24.4 Å². The van der Waals surface area contributed by atoms with Crippen LogP contribution in [0.3, 0.4) is 0 Å². The highest BCUT2D eigenvalue weighted by Crippen LogP contribution is 2.30. The lowest BCUT2D eigenvalue weighted by molar-refractivity contribution is 0.598. The van der Waals surface area contributed by atoms with Gasteiger partial charge in [0.25, 0.3) is 10.0 Å². The number of aryl methyl sites for hydroxylation is 1. The van der Waals surface area contributed by atoms with Gasteiger partial charge in [-0.15, -0.1) is 0 Å². The van der Waals surface area contributed by atoms with Gasteiger partial charge in [-0.2, -0.15) is 5.26 Å². The average molecular weight is 390 g/mol. The molecule has 0 aliphatic heterocycles. The molecule has 0 amide bonds.